The summed E-state index contributed by atoms with van der Waals surface area (Å²) in [5, 5.41) is 44.5. The van der Waals surface area contributed by atoms with Crippen LogP contribution < -0.4 is 0 Å². The first-order valence-corrected chi connectivity index (χ1v) is 23.6. The second kappa shape index (κ2) is 20.7. The molecule has 0 bridgehead atoms. The molecule has 0 fully saturated rings. The van der Waals surface area contributed by atoms with E-state index < -0.39 is 29.9 Å². The van der Waals surface area contributed by atoms with E-state index in [1.807, 2.05) is 161 Å². The van der Waals surface area contributed by atoms with Gasteiger partial charge in [-0.25, -0.2) is 0 Å². The van der Waals surface area contributed by atoms with Crippen molar-refractivity contribution in [3.8, 4) is 17.2 Å². The van der Waals surface area contributed by atoms with E-state index in [1.165, 1.54) is 0 Å². The highest BCUT2D eigenvalue weighted by molar-refractivity contribution is 5.71. The Morgan fingerprint density at radius 1 is 0.379 bits per heavy atom. The highest BCUT2D eigenvalue weighted by Gasteiger charge is 2.36. The fraction of sp³-hybridized carbons (Fsp3) is 0.625. The SMILES string of the molecule is CC(C)(C)c1cc(CCC(=O)OCC(CO)(COC(=O)CCc2cc(C(C)(C)C)c(O)c(C(C)(C)C)c2)COC(=O)CCc2cc(C(C)(C)C)c(O)c(C(C)(C)C)c2)cc(C(C)(C)C)c1O. The van der Waals surface area contributed by atoms with Gasteiger partial charge in [0.05, 0.1) is 12.0 Å². The van der Waals surface area contributed by atoms with Crippen LogP contribution in [0.2, 0.25) is 0 Å². The number of benzene rings is 3. The molecule has 0 aliphatic heterocycles. The van der Waals surface area contributed by atoms with Crippen LogP contribution in [0.1, 0.15) is 194 Å². The molecule has 66 heavy (non-hydrogen) atoms. The largest absolute Gasteiger partial charge is 0.507 e. The van der Waals surface area contributed by atoms with Crippen LogP contribution in [-0.4, -0.2) is 64.8 Å². The Balaban J connectivity index is 1.86. The Labute approximate surface area is 396 Å². The highest BCUT2D eigenvalue weighted by atomic mass is 16.6. The number of phenols is 3. The number of esters is 3. The summed E-state index contributed by atoms with van der Waals surface area (Å²) in [6.07, 6.45) is 0.988. The number of aryl methyl sites for hydroxylation is 3. The quantitative estimate of drug-likeness (QED) is 0.0804. The number of aliphatic hydroxyl groups is 1. The third-order valence-electron chi connectivity index (χ3n) is 12.2. The lowest BCUT2D eigenvalue weighted by atomic mass is 9.78. The molecule has 0 saturated heterocycles. The van der Waals surface area contributed by atoms with Gasteiger partial charge in [0.15, 0.2) is 0 Å². The van der Waals surface area contributed by atoms with Gasteiger partial charge < -0.3 is 34.6 Å². The van der Waals surface area contributed by atoms with E-state index in [4.69, 9.17) is 14.2 Å². The predicted molar refractivity (Wildman–Crippen MR) is 264 cm³/mol. The molecule has 0 saturated carbocycles. The molecule has 0 heterocycles. The standard InChI is InChI=1S/C56H84O10/c1-50(2,3)38-25-35(26-39(47(38)61)51(4,5)6)19-22-44(58)64-32-56(31-57,33-65-45(59)23-20-36-27-40(52(7,8)9)48(62)41(28-36)53(10,11)12)34-66-46(60)24-21-37-29-42(54(13,14)15)49(63)43(30-37)55(16,17)18/h25-30,57,61-63H,19-24,31-34H2,1-18H3. The van der Waals surface area contributed by atoms with Gasteiger partial charge in [0.2, 0.25) is 0 Å². The van der Waals surface area contributed by atoms with Crippen LogP contribution in [0, 0.1) is 5.41 Å². The molecule has 0 aliphatic rings. The first-order valence-electron chi connectivity index (χ1n) is 23.6. The number of carbonyl (C=O) groups is 3. The lowest BCUT2D eigenvalue weighted by Gasteiger charge is -2.30. The van der Waals surface area contributed by atoms with Crippen LogP contribution in [0.15, 0.2) is 36.4 Å². The second-order valence-corrected chi connectivity index (χ2v) is 24.8. The van der Waals surface area contributed by atoms with Crippen LogP contribution in [0.4, 0.5) is 0 Å². The molecule has 4 N–H and O–H groups in total. The molecule has 0 radical (unpaired) electrons. The topological polar surface area (TPSA) is 160 Å². The van der Waals surface area contributed by atoms with Crippen molar-refractivity contribution in [2.75, 3.05) is 26.4 Å². The normalized spacial score (nSPS) is 13.1. The number of ether oxygens (including phenoxy) is 3. The number of aliphatic hydroxyl groups excluding tert-OH is 1. The number of hydrogen-bond acceptors (Lipinski definition) is 10. The molecule has 10 nitrogen and oxygen atoms in total. The summed E-state index contributed by atoms with van der Waals surface area (Å²) in [6, 6.07) is 11.5. The third-order valence-corrected chi connectivity index (χ3v) is 12.2. The molecule has 0 atom stereocenters. The van der Waals surface area contributed by atoms with Crippen molar-refractivity contribution in [2.24, 2.45) is 5.41 Å². The highest BCUT2D eigenvalue weighted by Crippen LogP contribution is 2.43. The maximum atomic E-state index is 13.4. The van der Waals surface area contributed by atoms with Crippen molar-refractivity contribution < 1.29 is 49.0 Å². The molecule has 0 unspecified atom stereocenters. The summed E-state index contributed by atoms with van der Waals surface area (Å²) in [5.41, 5.74) is 3.75. The number of aromatic hydroxyl groups is 3. The minimum Gasteiger partial charge on any atom is -0.507 e. The fourth-order valence-electron chi connectivity index (χ4n) is 7.86. The molecule has 10 heteroatoms. The van der Waals surface area contributed by atoms with Crippen LogP contribution in [-0.2, 0) is 80.3 Å². The number of phenolic OH excluding ortho intramolecular Hbond substituents is 3. The summed E-state index contributed by atoms with van der Waals surface area (Å²) < 4.78 is 17.4. The van der Waals surface area contributed by atoms with Crippen LogP contribution in [0.25, 0.3) is 0 Å². The van der Waals surface area contributed by atoms with E-state index in [1.54, 1.807) is 0 Å². The van der Waals surface area contributed by atoms with Gasteiger partial charge in [0.1, 0.15) is 37.1 Å². The van der Waals surface area contributed by atoms with Crippen molar-refractivity contribution >= 4 is 17.9 Å². The van der Waals surface area contributed by atoms with Crippen molar-refractivity contribution in [3.63, 3.8) is 0 Å². The van der Waals surface area contributed by atoms with Crippen LogP contribution in [0.3, 0.4) is 0 Å². The monoisotopic (exact) mass is 917 g/mol. The minimum absolute atomic E-state index is 0.00149. The average molecular weight is 917 g/mol. The average Bonchev–Trinajstić information content (AvgIpc) is 3.16. The molecule has 3 aromatic carbocycles. The van der Waals surface area contributed by atoms with E-state index in [2.05, 4.69) is 0 Å². The Morgan fingerprint density at radius 2 is 0.561 bits per heavy atom. The summed E-state index contributed by atoms with van der Waals surface area (Å²) in [6.45, 7) is 34.7. The van der Waals surface area contributed by atoms with E-state index in [0.717, 1.165) is 50.1 Å². The minimum atomic E-state index is -1.47. The van der Waals surface area contributed by atoms with Crippen molar-refractivity contribution in [2.45, 2.75) is 196 Å². The molecule has 0 spiro atoms. The van der Waals surface area contributed by atoms with Gasteiger partial charge in [-0.3, -0.25) is 14.4 Å². The molecule has 368 valence electrons. The number of carbonyl (C=O) groups excluding carboxylic acids is 3. The zero-order valence-corrected chi connectivity index (χ0v) is 43.8. The molecule has 0 aliphatic carbocycles. The molecular weight excluding hydrogens is 833 g/mol. The van der Waals surface area contributed by atoms with E-state index in [0.29, 0.717) is 19.3 Å². The Bertz CT molecular complexity index is 1840. The van der Waals surface area contributed by atoms with Gasteiger partial charge in [-0.2, -0.15) is 0 Å². The smallest absolute Gasteiger partial charge is 0.306 e. The summed E-state index contributed by atoms with van der Waals surface area (Å²) >= 11 is 0. The van der Waals surface area contributed by atoms with Crippen LogP contribution in [0.5, 0.6) is 17.2 Å². The predicted octanol–water partition coefficient (Wildman–Crippen LogP) is 11.4. The van der Waals surface area contributed by atoms with E-state index in [9.17, 15) is 34.8 Å². The van der Waals surface area contributed by atoms with Gasteiger partial charge in [0, 0.05) is 19.3 Å². The Hall–Kier alpha value is -4.57. The van der Waals surface area contributed by atoms with E-state index in [-0.39, 0.29) is 88.8 Å². The van der Waals surface area contributed by atoms with Crippen molar-refractivity contribution in [1.82, 2.24) is 0 Å². The second-order valence-electron chi connectivity index (χ2n) is 24.8. The number of rotatable bonds is 16. The third kappa shape index (κ3) is 15.2. The summed E-state index contributed by atoms with van der Waals surface area (Å²) in [7, 11) is 0. The van der Waals surface area contributed by atoms with Gasteiger partial charge in [0.25, 0.3) is 0 Å². The summed E-state index contributed by atoms with van der Waals surface area (Å²) in [5.74, 6) is -0.918. The first kappa shape index (κ1) is 55.8. The van der Waals surface area contributed by atoms with Gasteiger partial charge in [-0.1, -0.05) is 161 Å². The fourth-order valence-corrected chi connectivity index (χ4v) is 7.86. The Kier molecular flexibility index (Phi) is 17.5. The van der Waals surface area contributed by atoms with Crippen LogP contribution >= 0.6 is 0 Å². The zero-order valence-electron chi connectivity index (χ0n) is 43.8. The van der Waals surface area contributed by atoms with Crippen molar-refractivity contribution in [1.29, 1.82) is 0 Å². The van der Waals surface area contributed by atoms with E-state index >= 15 is 0 Å². The zero-order chi connectivity index (χ0) is 50.6. The van der Waals surface area contributed by atoms with Gasteiger partial charge >= 0.3 is 17.9 Å². The molecule has 3 rings (SSSR count). The molecule has 0 amide bonds. The number of hydrogen-bond donors (Lipinski definition) is 4. The Morgan fingerprint density at radius 3 is 0.712 bits per heavy atom. The maximum Gasteiger partial charge on any atom is 0.306 e. The lowest BCUT2D eigenvalue weighted by Crippen LogP contribution is -2.42. The molecular formula is C56H84O10. The maximum absolute atomic E-state index is 13.4. The van der Waals surface area contributed by atoms with Crippen molar-refractivity contribution in [3.05, 3.63) is 86.5 Å². The molecule has 3 aromatic rings. The molecule has 0 aromatic heterocycles. The summed E-state index contributed by atoms with van der Waals surface area (Å²) in [4.78, 5) is 40.3. The first-order chi connectivity index (χ1) is 29.9. The lowest BCUT2D eigenvalue weighted by molar-refractivity contribution is -0.165. The van der Waals surface area contributed by atoms with Gasteiger partial charge in [-0.15, -0.1) is 0 Å². The van der Waals surface area contributed by atoms with Gasteiger partial charge in [-0.05, 0) is 102 Å².